The smallest absolute Gasteiger partial charge is 0.149 e. The third kappa shape index (κ3) is 3.89. The van der Waals surface area contributed by atoms with E-state index in [9.17, 15) is 5.26 Å². The second-order valence-electron chi connectivity index (χ2n) is 8.46. The van der Waals surface area contributed by atoms with E-state index in [-0.39, 0.29) is 0 Å². The molecule has 0 aromatic carbocycles. The van der Waals surface area contributed by atoms with Gasteiger partial charge in [0.05, 0.1) is 5.56 Å². The first-order valence-electron chi connectivity index (χ1n) is 11.1. The average Bonchev–Trinajstić information content (AvgIpc) is 2.77. The summed E-state index contributed by atoms with van der Waals surface area (Å²) in [6, 6.07) is 3.22. The molecule has 1 saturated heterocycles. The Morgan fingerprint density at radius 3 is 2.54 bits per heavy atom. The molecule has 1 aromatic heterocycles. The zero-order valence-electron chi connectivity index (χ0n) is 17.1. The maximum Gasteiger partial charge on any atom is 0.149 e. The van der Waals surface area contributed by atoms with Gasteiger partial charge in [-0.05, 0) is 44.1 Å². The summed E-state index contributed by atoms with van der Waals surface area (Å²) in [5, 5.41) is 13.5. The van der Waals surface area contributed by atoms with Gasteiger partial charge in [-0.3, -0.25) is 4.90 Å². The second kappa shape index (κ2) is 8.96. The number of hydrogen-bond acceptors (Lipinski definition) is 5. The maximum absolute atomic E-state index is 10.0. The van der Waals surface area contributed by atoms with E-state index in [0.717, 1.165) is 49.8 Å². The molecule has 0 radical (unpaired) electrons. The standard InChI is InChI=1S/C23H33N5/c1-2-12-25-22-21-17-28(18-9-5-3-6-10-18)15-11-19(21)20(16-24)23(26-22)27-13-7-4-8-14-27/h2,18H,1,3-15,17H2,(H,25,26). The van der Waals surface area contributed by atoms with Crippen molar-refractivity contribution < 1.29 is 0 Å². The van der Waals surface area contributed by atoms with Gasteiger partial charge in [-0.25, -0.2) is 4.98 Å². The van der Waals surface area contributed by atoms with Gasteiger partial charge in [0.25, 0.3) is 0 Å². The zero-order chi connectivity index (χ0) is 19.3. The number of aromatic nitrogens is 1. The quantitative estimate of drug-likeness (QED) is 0.776. The maximum atomic E-state index is 10.0. The fraction of sp³-hybridized carbons (Fsp3) is 0.652. The summed E-state index contributed by atoms with van der Waals surface area (Å²) in [4.78, 5) is 9.99. The van der Waals surface area contributed by atoms with Gasteiger partial charge in [0, 0.05) is 44.3 Å². The van der Waals surface area contributed by atoms with E-state index in [0.29, 0.717) is 12.6 Å². The summed E-state index contributed by atoms with van der Waals surface area (Å²) in [6.07, 6.45) is 13.2. The fourth-order valence-corrected chi connectivity index (χ4v) is 5.17. The number of rotatable bonds is 5. The third-order valence-electron chi connectivity index (χ3n) is 6.68. The molecule has 0 spiro atoms. The summed E-state index contributed by atoms with van der Waals surface area (Å²) in [5.41, 5.74) is 3.30. The van der Waals surface area contributed by atoms with Gasteiger partial charge in [0.15, 0.2) is 0 Å². The Bertz CT molecular complexity index is 738. The molecule has 1 aromatic rings. The summed E-state index contributed by atoms with van der Waals surface area (Å²) in [5.74, 6) is 1.87. The van der Waals surface area contributed by atoms with E-state index in [4.69, 9.17) is 4.98 Å². The van der Waals surface area contributed by atoms with Crippen LogP contribution in [0.15, 0.2) is 12.7 Å². The molecule has 2 aliphatic heterocycles. The molecular weight excluding hydrogens is 346 g/mol. The summed E-state index contributed by atoms with van der Waals surface area (Å²) in [7, 11) is 0. The molecule has 4 rings (SSSR count). The number of hydrogen-bond donors (Lipinski definition) is 1. The Morgan fingerprint density at radius 2 is 1.82 bits per heavy atom. The molecule has 1 aliphatic carbocycles. The van der Waals surface area contributed by atoms with Crippen molar-refractivity contribution in [3.05, 3.63) is 29.3 Å². The minimum atomic E-state index is 0.696. The molecule has 150 valence electrons. The highest BCUT2D eigenvalue weighted by Gasteiger charge is 2.31. The van der Waals surface area contributed by atoms with Crippen LogP contribution in [0.2, 0.25) is 0 Å². The monoisotopic (exact) mass is 379 g/mol. The zero-order valence-corrected chi connectivity index (χ0v) is 17.1. The van der Waals surface area contributed by atoms with Crippen molar-refractivity contribution in [2.45, 2.75) is 70.4 Å². The Kier molecular flexibility index (Phi) is 6.17. The first-order chi connectivity index (χ1) is 13.8. The third-order valence-corrected chi connectivity index (χ3v) is 6.68. The number of nitrogens with zero attached hydrogens (tertiary/aromatic N) is 4. The van der Waals surface area contributed by atoms with Gasteiger partial charge in [-0.1, -0.05) is 25.3 Å². The molecular formula is C23H33N5. The lowest BCUT2D eigenvalue weighted by molar-refractivity contribution is 0.141. The predicted octanol–water partition coefficient (Wildman–Crippen LogP) is 4.23. The number of pyridine rings is 1. The molecule has 5 heteroatoms. The van der Waals surface area contributed by atoms with Crippen molar-refractivity contribution in [2.75, 3.05) is 36.4 Å². The van der Waals surface area contributed by atoms with E-state index >= 15 is 0 Å². The van der Waals surface area contributed by atoms with Crippen molar-refractivity contribution in [1.82, 2.24) is 9.88 Å². The second-order valence-corrected chi connectivity index (χ2v) is 8.46. The SMILES string of the molecule is C=CCNc1nc(N2CCCCC2)c(C#N)c2c1CN(C1CCCCC1)CC2. The van der Waals surface area contributed by atoms with Gasteiger partial charge >= 0.3 is 0 Å². The van der Waals surface area contributed by atoms with Crippen molar-refractivity contribution in [1.29, 1.82) is 5.26 Å². The van der Waals surface area contributed by atoms with Crippen LogP contribution in [0.1, 0.15) is 68.1 Å². The van der Waals surface area contributed by atoms with Crippen LogP contribution in [-0.4, -0.2) is 42.1 Å². The molecule has 0 bridgehead atoms. The number of piperidine rings is 1. The highest BCUT2D eigenvalue weighted by atomic mass is 15.2. The Labute approximate surface area is 169 Å². The Balaban J connectivity index is 1.69. The highest BCUT2D eigenvalue weighted by Crippen LogP contribution is 2.36. The first kappa shape index (κ1) is 19.3. The lowest BCUT2D eigenvalue weighted by Crippen LogP contribution is -2.41. The van der Waals surface area contributed by atoms with Crippen LogP contribution in [0.25, 0.3) is 0 Å². The Morgan fingerprint density at radius 1 is 1.07 bits per heavy atom. The van der Waals surface area contributed by atoms with Gasteiger partial charge in [0.1, 0.15) is 17.7 Å². The van der Waals surface area contributed by atoms with E-state index in [2.05, 4.69) is 27.8 Å². The minimum Gasteiger partial charge on any atom is -0.366 e. The van der Waals surface area contributed by atoms with Gasteiger partial charge < -0.3 is 10.2 Å². The largest absolute Gasteiger partial charge is 0.366 e. The van der Waals surface area contributed by atoms with Crippen molar-refractivity contribution in [2.24, 2.45) is 0 Å². The number of nitrogens with one attached hydrogen (secondary N) is 1. The molecule has 1 N–H and O–H groups in total. The molecule has 28 heavy (non-hydrogen) atoms. The first-order valence-corrected chi connectivity index (χ1v) is 11.1. The summed E-state index contributed by atoms with van der Waals surface area (Å²) < 4.78 is 0. The molecule has 3 aliphatic rings. The van der Waals surface area contributed by atoms with Gasteiger partial charge in [-0.2, -0.15) is 5.26 Å². The van der Waals surface area contributed by atoms with Crippen LogP contribution in [0.4, 0.5) is 11.6 Å². The van der Waals surface area contributed by atoms with E-state index in [1.165, 1.54) is 62.5 Å². The normalized spacial score (nSPS) is 21.0. The lowest BCUT2D eigenvalue weighted by Gasteiger charge is -2.39. The molecule has 0 atom stereocenters. The van der Waals surface area contributed by atoms with Gasteiger partial charge in [0.2, 0.25) is 0 Å². The minimum absolute atomic E-state index is 0.696. The fourth-order valence-electron chi connectivity index (χ4n) is 5.17. The average molecular weight is 380 g/mol. The molecule has 1 saturated carbocycles. The summed E-state index contributed by atoms with van der Waals surface area (Å²) in [6.45, 7) is 8.56. The lowest BCUT2D eigenvalue weighted by atomic mass is 9.89. The molecule has 3 heterocycles. The van der Waals surface area contributed by atoms with Crippen molar-refractivity contribution >= 4 is 11.6 Å². The molecule has 5 nitrogen and oxygen atoms in total. The van der Waals surface area contributed by atoms with E-state index in [1.807, 2.05) is 6.08 Å². The summed E-state index contributed by atoms with van der Waals surface area (Å²) >= 11 is 0. The van der Waals surface area contributed by atoms with E-state index < -0.39 is 0 Å². The van der Waals surface area contributed by atoms with Crippen LogP contribution in [0.3, 0.4) is 0 Å². The van der Waals surface area contributed by atoms with Crippen molar-refractivity contribution in [3.8, 4) is 6.07 Å². The highest BCUT2D eigenvalue weighted by molar-refractivity contribution is 5.67. The number of nitriles is 1. The van der Waals surface area contributed by atoms with Crippen LogP contribution >= 0.6 is 0 Å². The molecule has 0 unspecified atom stereocenters. The van der Waals surface area contributed by atoms with E-state index in [1.54, 1.807) is 0 Å². The van der Waals surface area contributed by atoms with Crippen LogP contribution in [0, 0.1) is 11.3 Å². The Hall–Kier alpha value is -2.06. The predicted molar refractivity (Wildman–Crippen MR) is 115 cm³/mol. The number of anilines is 2. The molecule has 2 fully saturated rings. The topological polar surface area (TPSA) is 55.2 Å². The molecule has 0 amide bonds. The van der Waals surface area contributed by atoms with Crippen molar-refractivity contribution in [3.63, 3.8) is 0 Å². The van der Waals surface area contributed by atoms with Gasteiger partial charge in [-0.15, -0.1) is 6.58 Å². The van der Waals surface area contributed by atoms with Crippen LogP contribution < -0.4 is 10.2 Å². The number of fused-ring (bicyclic) bond motifs is 1. The van der Waals surface area contributed by atoms with Crippen LogP contribution in [0.5, 0.6) is 0 Å². The van der Waals surface area contributed by atoms with Crippen LogP contribution in [-0.2, 0) is 13.0 Å².